The zero-order valence-electron chi connectivity index (χ0n) is 15.7. The van der Waals surface area contributed by atoms with Crippen LogP contribution in [0.15, 0.2) is 59.1 Å². The molecule has 7 nitrogen and oxygen atoms in total. The molecule has 0 aliphatic rings. The van der Waals surface area contributed by atoms with Crippen LogP contribution >= 0.6 is 15.9 Å². The summed E-state index contributed by atoms with van der Waals surface area (Å²) in [7, 11) is 0. The first-order valence-electron chi connectivity index (χ1n) is 8.88. The lowest BCUT2D eigenvalue weighted by Crippen LogP contribution is -2.44. The zero-order valence-corrected chi connectivity index (χ0v) is 17.3. The second-order valence-electron chi connectivity index (χ2n) is 6.40. The van der Waals surface area contributed by atoms with E-state index in [1.165, 1.54) is 24.3 Å². The lowest BCUT2D eigenvalue weighted by Gasteiger charge is -2.14. The number of rotatable bonds is 7. The molecule has 0 saturated heterocycles. The van der Waals surface area contributed by atoms with Gasteiger partial charge in [-0.15, -0.1) is 0 Å². The minimum atomic E-state index is -3.42. The molecule has 1 heterocycles. The van der Waals surface area contributed by atoms with E-state index in [0.717, 1.165) is 5.56 Å². The standard InChI is InChI=1S/C20H17BrF2N4O3/c1-12(17(28)24-11-13-5-3-2-4-6-13)25-18(29)15-9-7-14(8-10-15)16-26-19(30-27-16)20(21,22)23/h2-10,12H,11H2,1H3,(H,24,28)(H,25,29)/t12-/m1/s1. The number of nitrogens with one attached hydrogen (secondary N) is 2. The van der Waals surface area contributed by atoms with Crippen molar-refractivity contribution in [3.8, 4) is 11.4 Å². The summed E-state index contributed by atoms with van der Waals surface area (Å²) >= 11 is 2.15. The molecule has 2 N–H and O–H groups in total. The molecule has 0 spiro atoms. The van der Waals surface area contributed by atoms with Gasteiger partial charge in [0.2, 0.25) is 11.7 Å². The summed E-state index contributed by atoms with van der Waals surface area (Å²) in [5, 5.41) is 8.86. The van der Waals surface area contributed by atoms with E-state index < -0.39 is 22.7 Å². The number of carbonyl (C=O) groups excluding carboxylic acids is 2. The molecule has 3 aromatic rings. The molecule has 0 saturated carbocycles. The molecule has 0 aliphatic carbocycles. The number of amides is 2. The summed E-state index contributed by atoms with van der Waals surface area (Å²) in [6, 6.07) is 14.6. The Hall–Kier alpha value is -3.14. The van der Waals surface area contributed by atoms with Crippen molar-refractivity contribution in [2.75, 3.05) is 0 Å². The van der Waals surface area contributed by atoms with E-state index in [0.29, 0.717) is 12.1 Å². The Morgan fingerprint density at radius 1 is 1.13 bits per heavy atom. The normalized spacial score (nSPS) is 12.3. The van der Waals surface area contributed by atoms with Crippen molar-refractivity contribution in [3.63, 3.8) is 0 Å². The van der Waals surface area contributed by atoms with Gasteiger partial charge in [0.15, 0.2) is 0 Å². The number of alkyl halides is 3. The average molecular weight is 479 g/mol. The van der Waals surface area contributed by atoms with Crippen molar-refractivity contribution in [1.29, 1.82) is 0 Å². The Morgan fingerprint density at radius 2 is 1.80 bits per heavy atom. The number of aromatic nitrogens is 2. The van der Waals surface area contributed by atoms with Gasteiger partial charge in [-0.05, 0) is 24.6 Å². The van der Waals surface area contributed by atoms with Crippen molar-refractivity contribution in [2.45, 2.75) is 24.3 Å². The molecule has 0 unspecified atom stereocenters. The summed E-state index contributed by atoms with van der Waals surface area (Å²) in [4.78, 5) is 24.8. The van der Waals surface area contributed by atoms with Crippen molar-refractivity contribution < 1.29 is 22.9 Å². The van der Waals surface area contributed by atoms with E-state index in [2.05, 4.69) is 41.2 Å². The second kappa shape index (κ2) is 9.12. The Labute approximate surface area is 179 Å². The molecule has 1 aromatic heterocycles. The summed E-state index contributed by atoms with van der Waals surface area (Å²) in [6.45, 7) is 1.93. The fourth-order valence-corrected chi connectivity index (χ4v) is 2.67. The van der Waals surface area contributed by atoms with Crippen LogP contribution in [0.3, 0.4) is 0 Å². The average Bonchev–Trinajstić information content (AvgIpc) is 3.23. The van der Waals surface area contributed by atoms with Gasteiger partial charge >= 0.3 is 10.7 Å². The third kappa shape index (κ3) is 5.47. The van der Waals surface area contributed by atoms with Gasteiger partial charge in [0.1, 0.15) is 6.04 Å². The van der Waals surface area contributed by atoms with E-state index in [1.807, 2.05) is 30.3 Å². The quantitative estimate of drug-likeness (QED) is 0.505. The van der Waals surface area contributed by atoms with E-state index in [4.69, 9.17) is 0 Å². The van der Waals surface area contributed by atoms with Gasteiger partial charge in [-0.25, -0.2) is 0 Å². The molecule has 156 valence electrons. The van der Waals surface area contributed by atoms with E-state index >= 15 is 0 Å². The highest BCUT2D eigenvalue weighted by molar-refractivity contribution is 9.09. The third-order valence-electron chi connectivity index (χ3n) is 4.12. The summed E-state index contributed by atoms with van der Waals surface area (Å²) < 4.78 is 30.8. The summed E-state index contributed by atoms with van der Waals surface area (Å²) in [5.74, 6) is -1.68. The molecular weight excluding hydrogens is 462 g/mol. The lowest BCUT2D eigenvalue weighted by molar-refractivity contribution is -0.122. The first kappa shape index (κ1) is 21.6. The van der Waals surface area contributed by atoms with E-state index in [1.54, 1.807) is 6.92 Å². The molecule has 0 fully saturated rings. The fraction of sp³-hybridized carbons (Fsp3) is 0.200. The maximum absolute atomic E-state index is 13.1. The van der Waals surface area contributed by atoms with Crippen LogP contribution in [0.5, 0.6) is 0 Å². The van der Waals surface area contributed by atoms with E-state index in [9.17, 15) is 18.4 Å². The van der Waals surface area contributed by atoms with Crippen molar-refractivity contribution >= 4 is 27.7 Å². The molecule has 3 rings (SSSR count). The number of hydrogen-bond acceptors (Lipinski definition) is 5. The minimum Gasteiger partial charge on any atom is -0.350 e. The monoisotopic (exact) mass is 478 g/mol. The van der Waals surface area contributed by atoms with Gasteiger partial charge in [-0.2, -0.15) is 13.8 Å². The van der Waals surface area contributed by atoms with Gasteiger partial charge in [-0.1, -0.05) is 47.6 Å². The highest BCUT2D eigenvalue weighted by atomic mass is 79.9. The number of halogens is 3. The molecule has 0 radical (unpaired) electrons. The van der Waals surface area contributed by atoms with Gasteiger partial charge in [0.25, 0.3) is 5.91 Å². The van der Waals surface area contributed by atoms with Crippen LogP contribution in [-0.4, -0.2) is 28.0 Å². The number of benzene rings is 2. The zero-order chi connectivity index (χ0) is 21.7. The maximum Gasteiger partial charge on any atom is 0.378 e. The molecule has 0 aliphatic heterocycles. The first-order valence-corrected chi connectivity index (χ1v) is 9.67. The Morgan fingerprint density at radius 3 is 2.40 bits per heavy atom. The van der Waals surface area contributed by atoms with Crippen LogP contribution in [-0.2, 0) is 16.2 Å². The molecule has 30 heavy (non-hydrogen) atoms. The third-order valence-corrected chi connectivity index (χ3v) is 4.46. The van der Waals surface area contributed by atoms with Crippen molar-refractivity contribution in [1.82, 2.24) is 20.8 Å². The summed E-state index contributed by atoms with van der Waals surface area (Å²) in [6.07, 6.45) is 0. The minimum absolute atomic E-state index is 0.0373. The van der Waals surface area contributed by atoms with Crippen LogP contribution < -0.4 is 10.6 Å². The van der Waals surface area contributed by atoms with Crippen LogP contribution in [0, 0.1) is 0 Å². The largest absolute Gasteiger partial charge is 0.378 e. The van der Waals surface area contributed by atoms with Gasteiger partial charge < -0.3 is 15.2 Å². The topological polar surface area (TPSA) is 97.1 Å². The van der Waals surface area contributed by atoms with Gasteiger partial charge in [-0.3, -0.25) is 9.59 Å². The van der Waals surface area contributed by atoms with Crippen LogP contribution in [0.1, 0.15) is 28.7 Å². The Bertz CT molecular complexity index is 1020. The molecule has 0 bridgehead atoms. The second-order valence-corrected chi connectivity index (χ2v) is 7.39. The van der Waals surface area contributed by atoms with Crippen LogP contribution in [0.25, 0.3) is 11.4 Å². The Balaban J connectivity index is 1.57. The Kier molecular flexibility index (Phi) is 6.56. The molecule has 2 aromatic carbocycles. The summed E-state index contributed by atoms with van der Waals surface area (Å²) in [5.41, 5.74) is 1.63. The molecular formula is C20H17BrF2N4O3. The SMILES string of the molecule is C[C@@H](NC(=O)c1ccc(-c2noc(C(F)(F)Br)n2)cc1)C(=O)NCc1ccccc1. The highest BCUT2D eigenvalue weighted by Gasteiger charge is 2.34. The lowest BCUT2D eigenvalue weighted by atomic mass is 10.1. The smallest absolute Gasteiger partial charge is 0.350 e. The molecule has 1 atom stereocenters. The van der Waals surface area contributed by atoms with Crippen LogP contribution in [0.4, 0.5) is 8.78 Å². The predicted octanol–water partition coefficient (Wildman–Crippen LogP) is 3.62. The van der Waals surface area contributed by atoms with Crippen molar-refractivity contribution in [2.24, 2.45) is 0 Å². The van der Waals surface area contributed by atoms with E-state index in [-0.39, 0.29) is 17.3 Å². The number of nitrogens with zero attached hydrogens (tertiary/aromatic N) is 2. The fourth-order valence-electron chi connectivity index (χ4n) is 2.51. The van der Waals surface area contributed by atoms with Crippen molar-refractivity contribution in [3.05, 3.63) is 71.6 Å². The number of hydrogen-bond donors (Lipinski definition) is 2. The number of carbonyl (C=O) groups is 2. The predicted molar refractivity (Wildman–Crippen MR) is 108 cm³/mol. The van der Waals surface area contributed by atoms with Gasteiger partial charge in [0.05, 0.1) is 0 Å². The molecule has 2 amide bonds. The first-order chi connectivity index (χ1) is 14.2. The molecule has 10 heteroatoms. The van der Waals surface area contributed by atoms with Crippen LogP contribution in [0.2, 0.25) is 0 Å². The highest BCUT2D eigenvalue weighted by Crippen LogP contribution is 2.34. The maximum atomic E-state index is 13.1. The van der Waals surface area contributed by atoms with Gasteiger partial charge in [0, 0.05) is 33.6 Å².